The smallest absolute Gasteiger partial charge is 0.244 e. The summed E-state index contributed by atoms with van der Waals surface area (Å²) in [6.07, 6.45) is 0.824. The second-order valence-corrected chi connectivity index (χ2v) is 7.97. The Bertz CT molecular complexity index is 559. The van der Waals surface area contributed by atoms with Gasteiger partial charge in [-0.05, 0) is 36.6 Å². The molecular formula is C15H25ClN2O2S. The fraction of sp³-hybridized carbons (Fsp3) is 0.600. The first-order valence-corrected chi connectivity index (χ1v) is 9.06. The van der Waals surface area contributed by atoms with Gasteiger partial charge >= 0.3 is 0 Å². The normalized spacial score (nSPS) is 12.3. The minimum Gasteiger partial charge on any atom is -0.313 e. The molecule has 0 heterocycles. The van der Waals surface area contributed by atoms with Crippen LogP contribution in [0.25, 0.3) is 0 Å². The highest BCUT2D eigenvalue weighted by molar-refractivity contribution is 7.89. The minimum absolute atomic E-state index is 0.186. The molecule has 0 bridgehead atoms. The third kappa shape index (κ3) is 5.25. The van der Waals surface area contributed by atoms with Crippen LogP contribution in [0.3, 0.4) is 0 Å². The van der Waals surface area contributed by atoms with Gasteiger partial charge in [0, 0.05) is 20.1 Å². The van der Waals surface area contributed by atoms with Crippen LogP contribution in [0.1, 0.15) is 32.8 Å². The third-order valence-electron chi connectivity index (χ3n) is 3.28. The molecule has 4 nitrogen and oxygen atoms in total. The molecule has 0 aliphatic rings. The van der Waals surface area contributed by atoms with Crippen molar-refractivity contribution in [1.82, 2.24) is 9.62 Å². The molecule has 1 aromatic carbocycles. The van der Waals surface area contributed by atoms with Crippen LogP contribution in [0, 0.1) is 5.92 Å². The Balaban J connectivity index is 3.00. The topological polar surface area (TPSA) is 49.4 Å². The van der Waals surface area contributed by atoms with Crippen molar-refractivity contribution in [3.63, 3.8) is 0 Å². The number of sulfonamides is 1. The summed E-state index contributed by atoms with van der Waals surface area (Å²) in [4.78, 5) is 0.186. The molecule has 0 fully saturated rings. The van der Waals surface area contributed by atoms with Crippen LogP contribution in [0.4, 0.5) is 0 Å². The van der Waals surface area contributed by atoms with Crippen LogP contribution < -0.4 is 5.32 Å². The lowest BCUT2D eigenvalue weighted by Gasteiger charge is -2.19. The summed E-state index contributed by atoms with van der Waals surface area (Å²) in [7, 11) is -1.94. The zero-order valence-corrected chi connectivity index (χ0v) is 14.8. The standard InChI is InChI=1S/C15H25ClN2O2S/c1-5-17-11-13-6-7-14(16)15(10-13)21(19,20)18(4)9-8-12(2)3/h6-7,10,12,17H,5,8-9,11H2,1-4H3. The summed E-state index contributed by atoms with van der Waals surface area (Å²) in [6, 6.07) is 5.15. The molecule has 0 atom stereocenters. The molecule has 0 aliphatic heterocycles. The van der Waals surface area contributed by atoms with E-state index >= 15 is 0 Å². The van der Waals surface area contributed by atoms with E-state index in [1.807, 2.05) is 13.0 Å². The number of hydrogen-bond donors (Lipinski definition) is 1. The van der Waals surface area contributed by atoms with Gasteiger partial charge < -0.3 is 5.32 Å². The van der Waals surface area contributed by atoms with Gasteiger partial charge in [-0.15, -0.1) is 0 Å². The zero-order valence-electron chi connectivity index (χ0n) is 13.2. The van der Waals surface area contributed by atoms with Crippen LogP contribution >= 0.6 is 11.6 Å². The van der Waals surface area contributed by atoms with E-state index in [2.05, 4.69) is 19.2 Å². The van der Waals surface area contributed by atoms with Gasteiger partial charge in [-0.25, -0.2) is 12.7 Å². The third-order valence-corrected chi connectivity index (χ3v) is 5.62. The molecule has 0 radical (unpaired) electrons. The maximum atomic E-state index is 12.6. The Hall–Kier alpha value is -0.620. The zero-order chi connectivity index (χ0) is 16.0. The van der Waals surface area contributed by atoms with Crippen molar-refractivity contribution in [2.24, 2.45) is 5.92 Å². The lowest BCUT2D eigenvalue weighted by atomic mass is 10.1. The Labute approximate surface area is 133 Å². The maximum absolute atomic E-state index is 12.6. The van der Waals surface area contributed by atoms with Gasteiger partial charge in [-0.2, -0.15) is 0 Å². The molecule has 0 saturated carbocycles. The number of halogens is 1. The van der Waals surface area contributed by atoms with Gasteiger partial charge in [0.2, 0.25) is 10.0 Å². The lowest BCUT2D eigenvalue weighted by Crippen LogP contribution is -2.29. The number of rotatable bonds is 8. The van der Waals surface area contributed by atoms with E-state index in [4.69, 9.17) is 11.6 Å². The van der Waals surface area contributed by atoms with Crippen LogP contribution in [0.5, 0.6) is 0 Å². The van der Waals surface area contributed by atoms with Gasteiger partial charge in [0.1, 0.15) is 4.90 Å². The highest BCUT2D eigenvalue weighted by Crippen LogP contribution is 2.25. The van der Waals surface area contributed by atoms with Crippen molar-refractivity contribution in [3.05, 3.63) is 28.8 Å². The second-order valence-electron chi connectivity index (χ2n) is 5.55. The fourth-order valence-corrected chi connectivity index (χ4v) is 3.56. The summed E-state index contributed by atoms with van der Waals surface area (Å²) >= 11 is 6.10. The monoisotopic (exact) mass is 332 g/mol. The molecule has 0 aliphatic carbocycles. The maximum Gasteiger partial charge on any atom is 0.244 e. The molecule has 1 aromatic rings. The van der Waals surface area contributed by atoms with Crippen molar-refractivity contribution in [3.8, 4) is 0 Å². The van der Waals surface area contributed by atoms with Gasteiger partial charge in [-0.3, -0.25) is 0 Å². The molecular weight excluding hydrogens is 308 g/mol. The fourth-order valence-electron chi connectivity index (χ4n) is 1.85. The Morgan fingerprint density at radius 2 is 2.00 bits per heavy atom. The van der Waals surface area contributed by atoms with E-state index < -0.39 is 10.0 Å². The van der Waals surface area contributed by atoms with Crippen LogP contribution in [-0.2, 0) is 16.6 Å². The van der Waals surface area contributed by atoms with Crippen LogP contribution in [0.15, 0.2) is 23.1 Å². The highest BCUT2D eigenvalue weighted by atomic mass is 35.5. The Morgan fingerprint density at radius 3 is 2.57 bits per heavy atom. The van der Waals surface area contributed by atoms with E-state index in [1.54, 1.807) is 19.2 Å². The molecule has 0 unspecified atom stereocenters. The first kappa shape index (κ1) is 18.4. The number of nitrogens with zero attached hydrogens (tertiary/aromatic N) is 1. The molecule has 0 spiro atoms. The molecule has 0 amide bonds. The molecule has 6 heteroatoms. The van der Waals surface area contributed by atoms with E-state index in [0.29, 0.717) is 19.0 Å². The highest BCUT2D eigenvalue weighted by Gasteiger charge is 2.23. The SMILES string of the molecule is CCNCc1ccc(Cl)c(S(=O)(=O)N(C)CCC(C)C)c1. The van der Waals surface area contributed by atoms with Crippen LogP contribution in [-0.4, -0.2) is 32.9 Å². The molecule has 0 aromatic heterocycles. The second kappa shape index (κ2) is 8.13. The Kier molecular flexibility index (Phi) is 7.13. The summed E-state index contributed by atoms with van der Waals surface area (Å²) in [5.74, 6) is 0.457. The summed E-state index contributed by atoms with van der Waals surface area (Å²) in [5, 5.41) is 3.45. The van der Waals surface area contributed by atoms with E-state index in [-0.39, 0.29) is 9.92 Å². The molecule has 1 N–H and O–H groups in total. The molecule has 21 heavy (non-hydrogen) atoms. The van der Waals surface area contributed by atoms with Crippen molar-refractivity contribution < 1.29 is 8.42 Å². The van der Waals surface area contributed by atoms with E-state index in [9.17, 15) is 8.42 Å². The van der Waals surface area contributed by atoms with Crippen molar-refractivity contribution >= 4 is 21.6 Å². The number of benzene rings is 1. The average molecular weight is 333 g/mol. The first-order valence-electron chi connectivity index (χ1n) is 7.24. The van der Waals surface area contributed by atoms with Crippen molar-refractivity contribution in [2.75, 3.05) is 20.1 Å². The predicted molar refractivity (Wildman–Crippen MR) is 88.1 cm³/mol. The van der Waals surface area contributed by atoms with E-state index in [1.165, 1.54) is 4.31 Å². The predicted octanol–water partition coefficient (Wildman–Crippen LogP) is 3.12. The van der Waals surface area contributed by atoms with Gasteiger partial charge in [0.15, 0.2) is 0 Å². The molecule has 1 rings (SSSR count). The number of hydrogen-bond acceptors (Lipinski definition) is 3. The Morgan fingerprint density at radius 1 is 1.33 bits per heavy atom. The lowest BCUT2D eigenvalue weighted by molar-refractivity contribution is 0.428. The van der Waals surface area contributed by atoms with Crippen molar-refractivity contribution in [1.29, 1.82) is 0 Å². The van der Waals surface area contributed by atoms with Gasteiger partial charge in [-0.1, -0.05) is 38.4 Å². The van der Waals surface area contributed by atoms with Crippen LogP contribution in [0.2, 0.25) is 5.02 Å². The van der Waals surface area contributed by atoms with Gasteiger partial charge in [0.05, 0.1) is 5.02 Å². The quantitative estimate of drug-likeness (QED) is 0.795. The molecule has 0 saturated heterocycles. The summed E-state index contributed by atoms with van der Waals surface area (Å²) < 4.78 is 26.6. The first-order chi connectivity index (χ1) is 9.78. The van der Waals surface area contributed by atoms with E-state index in [0.717, 1.165) is 18.5 Å². The summed E-state index contributed by atoms with van der Waals surface area (Å²) in [6.45, 7) is 8.11. The number of nitrogens with one attached hydrogen (secondary N) is 1. The summed E-state index contributed by atoms with van der Waals surface area (Å²) in [5.41, 5.74) is 0.914. The minimum atomic E-state index is -3.54. The molecule has 120 valence electrons. The average Bonchev–Trinajstić information content (AvgIpc) is 2.43. The van der Waals surface area contributed by atoms with Crippen molar-refractivity contribution in [2.45, 2.75) is 38.6 Å². The largest absolute Gasteiger partial charge is 0.313 e. The van der Waals surface area contributed by atoms with Gasteiger partial charge in [0.25, 0.3) is 0 Å².